The smallest absolute Gasteiger partial charge is 0.224 e. The second-order valence-corrected chi connectivity index (χ2v) is 4.85. The van der Waals surface area contributed by atoms with Gasteiger partial charge in [0.2, 0.25) is 5.91 Å². The summed E-state index contributed by atoms with van der Waals surface area (Å²) in [7, 11) is 0. The molecule has 0 spiro atoms. The molecule has 1 N–H and O–H groups in total. The topological polar surface area (TPSA) is 44.8 Å². The first-order chi connectivity index (χ1) is 8.27. The van der Waals surface area contributed by atoms with Crippen LogP contribution in [0.5, 0.6) is 0 Å². The molecule has 0 saturated carbocycles. The summed E-state index contributed by atoms with van der Waals surface area (Å²) in [5, 5.41) is 3.32. The third-order valence-corrected chi connectivity index (χ3v) is 3.54. The van der Waals surface area contributed by atoms with Gasteiger partial charge in [0.15, 0.2) is 0 Å². The van der Waals surface area contributed by atoms with Crippen molar-refractivity contribution in [2.75, 3.05) is 52.5 Å². The Bertz CT molecular complexity index is 254. The van der Waals surface area contributed by atoms with E-state index in [2.05, 4.69) is 17.1 Å². The summed E-state index contributed by atoms with van der Waals surface area (Å²) in [5.41, 5.74) is 0. The number of piperazine rings is 1. The molecule has 0 aromatic heterocycles. The average molecular weight is 241 g/mol. The molecule has 5 heteroatoms. The van der Waals surface area contributed by atoms with Gasteiger partial charge in [-0.1, -0.05) is 0 Å². The van der Waals surface area contributed by atoms with Crippen molar-refractivity contribution in [3.8, 4) is 0 Å². The SMILES string of the molecule is CC1COCCN1C(=O)CCN1CCNCC1. The van der Waals surface area contributed by atoms with Crippen LogP contribution in [0.15, 0.2) is 0 Å². The van der Waals surface area contributed by atoms with E-state index in [4.69, 9.17) is 4.74 Å². The van der Waals surface area contributed by atoms with Gasteiger partial charge in [0.25, 0.3) is 0 Å². The Labute approximate surface area is 103 Å². The Hall–Kier alpha value is -0.650. The van der Waals surface area contributed by atoms with Gasteiger partial charge in [-0.2, -0.15) is 0 Å². The molecule has 5 nitrogen and oxygen atoms in total. The number of carbonyl (C=O) groups is 1. The summed E-state index contributed by atoms with van der Waals surface area (Å²) in [6.45, 7) is 9.28. The lowest BCUT2D eigenvalue weighted by Crippen LogP contribution is -2.49. The standard InChI is InChI=1S/C12H23N3O2/c1-11-10-17-9-8-15(11)12(16)2-5-14-6-3-13-4-7-14/h11,13H,2-10H2,1H3. The minimum Gasteiger partial charge on any atom is -0.377 e. The van der Waals surface area contributed by atoms with Gasteiger partial charge in [-0.15, -0.1) is 0 Å². The van der Waals surface area contributed by atoms with Crippen LogP contribution in [0.3, 0.4) is 0 Å². The molecular weight excluding hydrogens is 218 g/mol. The first-order valence-corrected chi connectivity index (χ1v) is 6.57. The molecule has 0 bridgehead atoms. The van der Waals surface area contributed by atoms with E-state index in [9.17, 15) is 4.79 Å². The summed E-state index contributed by atoms with van der Waals surface area (Å²) in [5.74, 6) is 0.277. The van der Waals surface area contributed by atoms with Gasteiger partial charge in [0, 0.05) is 45.7 Å². The third kappa shape index (κ3) is 3.66. The number of hydrogen-bond donors (Lipinski definition) is 1. The molecule has 2 saturated heterocycles. The fourth-order valence-electron chi connectivity index (χ4n) is 2.43. The molecular formula is C12H23N3O2. The van der Waals surface area contributed by atoms with Crippen LogP contribution in [0.2, 0.25) is 0 Å². The largest absolute Gasteiger partial charge is 0.377 e. The Balaban J connectivity index is 1.72. The van der Waals surface area contributed by atoms with Crippen LogP contribution < -0.4 is 5.32 Å². The lowest BCUT2D eigenvalue weighted by molar-refractivity contribution is -0.139. The van der Waals surface area contributed by atoms with Crippen LogP contribution in [0.25, 0.3) is 0 Å². The molecule has 2 rings (SSSR count). The van der Waals surface area contributed by atoms with Gasteiger partial charge in [0.1, 0.15) is 0 Å². The number of nitrogens with zero attached hydrogens (tertiary/aromatic N) is 2. The number of nitrogens with one attached hydrogen (secondary N) is 1. The van der Waals surface area contributed by atoms with E-state index in [1.54, 1.807) is 0 Å². The number of morpholine rings is 1. The van der Waals surface area contributed by atoms with Gasteiger partial charge in [-0.25, -0.2) is 0 Å². The summed E-state index contributed by atoms with van der Waals surface area (Å²) in [4.78, 5) is 16.4. The first-order valence-electron chi connectivity index (χ1n) is 6.57. The molecule has 0 aromatic rings. The lowest BCUT2D eigenvalue weighted by Gasteiger charge is -2.34. The summed E-state index contributed by atoms with van der Waals surface area (Å²) in [6.07, 6.45) is 0.643. The molecule has 2 aliphatic heterocycles. The van der Waals surface area contributed by atoms with E-state index in [1.807, 2.05) is 4.90 Å². The Morgan fingerprint density at radius 3 is 2.82 bits per heavy atom. The van der Waals surface area contributed by atoms with Crippen molar-refractivity contribution in [1.29, 1.82) is 0 Å². The van der Waals surface area contributed by atoms with Crippen molar-refractivity contribution < 1.29 is 9.53 Å². The minimum absolute atomic E-state index is 0.235. The van der Waals surface area contributed by atoms with Crippen LogP contribution in [-0.4, -0.2) is 74.2 Å². The highest BCUT2D eigenvalue weighted by atomic mass is 16.5. The monoisotopic (exact) mass is 241 g/mol. The van der Waals surface area contributed by atoms with Crippen molar-refractivity contribution >= 4 is 5.91 Å². The number of rotatable bonds is 3. The van der Waals surface area contributed by atoms with E-state index < -0.39 is 0 Å². The Morgan fingerprint density at radius 1 is 1.35 bits per heavy atom. The number of amides is 1. The predicted octanol–water partition coefficient (Wildman–Crippen LogP) is -0.471. The molecule has 2 aliphatic rings. The minimum atomic E-state index is 0.235. The molecule has 2 heterocycles. The van der Waals surface area contributed by atoms with Gasteiger partial charge in [0.05, 0.1) is 19.3 Å². The average Bonchev–Trinajstić information content (AvgIpc) is 2.38. The molecule has 0 aromatic carbocycles. The summed E-state index contributed by atoms with van der Waals surface area (Å²) >= 11 is 0. The zero-order valence-corrected chi connectivity index (χ0v) is 10.7. The van der Waals surface area contributed by atoms with Crippen LogP contribution in [0, 0.1) is 0 Å². The molecule has 2 fully saturated rings. The van der Waals surface area contributed by atoms with E-state index in [-0.39, 0.29) is 11.9 Å². The van der Waals surface area contributed by atoms with E-state index in [0.717, 1.165) is 39.3 Å². The van der Waals surface area contributed by atoms with Crippen LogP contribution in [-0.2, 0) is 9.53 Å². The highest BCUT2D eigenvalue weighted by molar-refractivity contribution is 5.76. The number of carbonyl (C=O) groups excluding carboxylic acids is 1. The second-order valence-electron chi connectivity index (χ2n) is 4.85. The van der Waals surface area contributed by atoms with Crippen molar-refractivity contribution in [2.45, 2.75) is 19.4 Å². The van der Waals surface area contributed by atoms with Gasteiger partial charge < -0.3 is 19.9 Å². The van der Waals surface area contributed by atoms with Crippen LogP contribution in [0.1, 0.15) is 13.3 Å². The van der Waals surface area contributed by atoms with Crippen molar-refractivity contribution in [1.82, 2.24) is 15.1 Å². The molecule has 17 heavy (non-hydrogen) atoms. The van der Waals surface area contributed by atoms with E-state index in [0.29, 0.717) is 19.6 Å². The number of ether oxygens (including phenoxy) is 1. The highest BCUT2D eigenvalue weighted by Gasteiger charge is 2.23. The quantitative estimate of drug-likeness (QED) is 0.725. The molecule has 1 unspecified atom stereocenters. The van der Waals surface area contributed by atoms with Crippen molar-refractivity contribution in [2.24, 2.45) is 0 Å². The maximum absolute atomic E-state index is 12.1. The fraction of sp³-hybridized carbons (Fsp3) is 0.917. The van der Waals surface area contributed by atoms with Crippen LogP contribution in [0.4, 0.5) is 0 Å². The van der Waals surface area contributed by atoms with E-state index in [1.165, 1.54) is 0 Å². The van der Waals surface area contributed by atoms with Gasteiger partial charge in [-0.3, -0.25) is 4.79 Å². The highest BCUT2D eigenvalue weighted by Crippen LogP contribution is 2.08. The third-order valence-electron chi connectivity index (χ3n) is 3.54. The second kappa shape index (κ2) is 6.33. The molecule has 0 radical (unpaired) electrons. The van der Waals surface area contributed by atoms with Crippen molar-refractivity contribution in [3.63, 3.8) is 0 Å². The fourth-order valence-corrected chi connectivity index (χ4v) is 2.43. The summed E-state index contributed by atoms with van der Waals surface area (Å²) in [6, 6.07) is 0.235. The maximum Gasteiger partial charge on any atom is 0.224 e. The zero-order chi connectivity index (χ0) is 12.1. The predicted molar refractivity (Wildman–Crippen MR) is 65.9 cm³/mol. The molecule has 1 atom stereocenters. The first kappa shape index (κ1) is 12.8. The van der Waals surface area contributed by atoms with E-state index >= 15 is 0 Å². The van der Waals surface area contributed by atoms with Crippen molar-refractivity contribution in [3.05, 3.63) is 0 Å². The molecule has 1 amide bonds. The Morgan fingerprint density at radius 2 is 2.12 bits per heavy atom. The zero-order valence-electron chi connectivity index (χ0n) is 10.7. The summed E-state index contributed by atoms with van der Waals surface area (Å²) < 4.78 is 5.34. The molecule has 0 aliphatic carbocycles. The van der Waals surface area contributed by atoms with Gasteiger partial charge >= 0.3 is 0 Å². The van der Waals surface area contributed by atoms with Gasteiger partial charge in [-0.05, 0) is 6.92 Å². The van der Waals surface area contributed by atoms with Crippen LogP contribution >= 0.6 is 0 Å². The number of hydrogen-bond acceptors (Lipinski definition) is 4. The normalized spacial score (nSPS) is 27.1. The Kier molecular flexibility index (Phi) is 4.76. The molecule has 98 valence electrons. The maximum atomic E-state index is 12.1. The lowest BCUT2D eigenvalue weighted by atomic mass is 10.2.